The van der Waals surface area contributed by atoms with Crippen LogP contribution in [0.3, 0.4) is 0 Å². The van der Waals surface area contributed by atoms with Crippen LogP contribution in [0.4, 0.5) is 11.4 Å². The predicted octanol–water partition coefficient (Wildman–Crippen LogP) is 10.6. The Hall–Kier alpha value is -4.10. The van der Waals surface area contributed by atoms with E-state index in [0.29, 0.717) is 0 Å². The summed E-state index contributed by atoms with van der Waals surface area (Å²) in [4.78, 5) is 0. The molecule has 2 aliphatic carbocycles. The SMILES string of the molecule is Cc1cc2c(cc1Nc1cc(-c3cccc(-c4ccccc4C)c3)c3c(c1)C(C)(C)c1ccccc1-3)CCCC2. The Morgan fingerprint density at radius 1 is 0.575 bits per heavy atom. The highest BCUT2D eigenvalue weighted by molar-refractivity contribution is 5.95. The zero-order valence-corrected chi connectivity index (χ0v) is 24.1. The largest absolute Gasteiger partial charge is 0.355 e. The summed E-state index contributed by atoms with van der Waals surface area (Å²) >= 11 is 0. The Bertz CT molecular complexity index is 1770. The van der Waals surface area contributed by atoms with E-state index in [2.05, 4.69) is 130 Å². The zero-order chi connectivity index (χ0) is 27.4. The van der Waals surface area contributed by atoms with Gasteiger partial charge in [0.1, 0.15) is 0 Å². The van der Waals surface area contributed by atoms with Crippen molar-refractivity contribution < 1.29 is 0 Å². The standard InChI is InChI=1S/C39H37N/c1-25-12-5-8-17-32(25)29-15-11-16-30(21-29)34-23-31(40-37-22-28-14-7-6-13-27(28)20-26(37)2)24-36-38(34)33-18-9-10-19-35(33)39(36,3)4/h5,8-12,15-24,40H,6-7,13-14H2,1-4H3. The second kappa shape index (κ2) is 9.52. The van der Waals surface area contributed by atoms with E-state index in [1.54, 1.807) is 0 Å². The molecule has 1 heteroatoms. The number of benzene rings is 5. The fourth-order valence-corrected chi connectivity index (χ4v) is 7.07. The second-order valence-corrected chi connectivity index (χ2v) is 12.3. The maximum Gasteiger partial charge on any atom is 0.0416 e. The molecule has 1 N–H and O–H groups in total. The lowest BCUT2D eigenvalue weighted by Gasteiger charge is -2.24. The predicted molar refractivity (Wildman–Crippen MR) is 171 cm³/mol. The molecule has 2 aliphatic rings. The molecular weight excluding hydrogens is 482 g/mol. The molecule has 0 fully saturated rings. The summed E-state index contributed by atoms with van der Waals surface area (Å²) in [5, 5.41) is 3.88. The van der Waals surface area contributed by atoms with E-state index < -0.39 is 0 Å². The summed E-state index contributed by atoms with van der Waals surface area (Å²) in [5.74, 6) is 0. The average Bonchev–Trinajstić information content (AvgIpc) is 3.20. The van der Waals surface area contributed by atoms with Gasteiger partial charge in [-0.05, 0) is 131 Å². The van der Waals surface area contributed by atoms with Gasteiger partial charge in [0.15, 0.2) is 0 Å². The van der Waals surface area contributed by atoms with E-state index in [-0.39, 0.29) is 5.41 Å². The molecule has 1 nitrogen and oxygen atoms in total. The van der Waals surface area contributed by atoms with E-state index >= 15 is 0 Å². The molecule has 0 bridgehead atoms. The number of nitrogens with one attached hydrogen (secondary N) is 1. The lowest BCUT2D eigenvalue weighted by atomic mass is 9.81. The molecule has 0 heterocycles. The number of hydrogen-bond acceptors (Lipinski definition) is 1. The first kappa shape index (κ1) is 24.9. The van der Waals surface area contributed by atoms with Gasteiger partial charge in [-0.3, -0.25) is 0 Å². The molecule has 7 rings (SSSR count). The minimum absolute atomic E-state index is 0.0725. The molecule has 5 aromatic rings. The van der Waals surface area contributed by atoms with Crippen LogP contribution in [-0.2, 0) is 18.3 Å². The van der Waals surface area contributed by atoms with Gasteiger partial charge >= 0.3 is 0 Å². The van der Waals surface area contributed by atoms with Gasteiger partial charge in [-0.2, -0.15) is 0 Å². The van der Waals surface area contributed by atoms with Gasteiger partial charge in [0, 0.05) is 16.8 Å². The third kappa shape index (κ3) is 4.07. The van der Waals surface area contributed by atoms with Gasteiger partial charge in [0.25, 0.3) is 0 Å². The summed E-state index contributed by atoms with van der Waals surface area (Å²) in [7, 11) is 0. The highest BCUT2D eigenvalue weighted by Crippen LogP contribution is 2.53. The molecule has 0 spiro atoms. The molecule has 0 aromatic heterocycles. The second-order valence-electron chi connectivity index (χ2n) is 12.3. The molecule has 40 heavy (non-hydrogen) atoms. The van der Waals surface area contributed by atoms with Crippen molar-refractivity contribution >= 4 is 11.4 Å². The van der Waals surface area contributed by atoms with Crippen LogP contribution in [0.2, 0.25) is 0 Å². The van der Waals surface area contributed by atoms with Crippen molar-refractivity contribution in [1.29, 1.82) is 0 Å². The molecule has 0 unspecified atom stereocenters. The molecule has 0 saturated carbocycles. The van der Waals surface area contributed by atoms with Crippen molar-refractivity contribution in [1.82, 2.24) is 0 Å². The van der Waals surface area contributed by atoms with Crippen molar-refractivity contribution in [3.05, 3.63) is 130 Å². The van der Waals surface area contributed by atoms with Crippen LogP contribution < -0.4 is 5.32 Å². The number of hydrogen-bond donors (Lipinski definition) is 1. The normalized spacial score (nSPS) is 14.8. The minimum atomic E-state index is -0.0725. The first-order valence-electron chi connectivity index (χ1n) is 14.7. The molecule has 5 aromatic carbocycles. The molecule has 0 radical (unpaired) electrons. The molecule has 0 atom stereocenters. The van der Waals surface area contributed by atoms with Crippen molar-refractivity contribution in [2.45, 2.75) is 58.8 Å². The van der Waals surface area contributed by atoms with Gasteiger partial charge in [-0.1, -0.05) is 86.6 Å². The topological polar surface area (TPSA) is 12.0 Å². The number of fused-ring (bicyclic) bond motifs is 4. The van der Waals surface area contributed by atoms with Crippen molar-refractivity contribution in [3.8, 4) is 33.4 Å². The third-order valence-corrected chi connectivity index (χ3v) is 9.28. The smallest absolute Gasteiger partial charge is 0.0416 e. The Morgan fingerprint density at radius 2 is 1.25 bits per heavy atom. The van der Waals surface area contributed by atoms with Gasteiger partial charge in [0.05, 0.1) is 0 Å². The summed E-state index contributed by atoms with van der Waals surface area (Å²) in [6, 6.07) is 36.4. The highest BCUT2D eigenvalue weighted by atomic mass is 14.9. The van der Waals surface area contributed by atoms with Gasteiger partial charge in [-0.15, -0.1) is 0 Å². The van der Waals surface area contributed by atoms with Gasteiger partial charge < -0.3 is 5.32 Å². The van der Waals surface area contributed by atoms with Crippen molar-refractivity contribution in [3.63, 3.8) is 0 Å². The summed E-state index contributed by atoms with van der Waals surface area (Å²) in [5.41, 5.74) is 18.6. The minimum Gasteiger partial charge on any atom is -0.355 e. The van der Waals surface area contributed by atoms with E-state index in [9.17, 15) is 0 Å². The van der Waals surface area contributed by atoms with Crippen molar-refractivity contribution in [2.75, 3.05) is 5.32 Å². The van der Waals surface area contributed by atoms with Gasteiger partial charge in [-0.25, -0.2) is 0 Å². The number of anilines is 2. The molecule has 0 aliphatic heterocycles. The first-order valence-corrected chi connectivity index (χ1v) is 14.7. The van der Waals surface area contributed by atoms with E-state index in [4.69, 9.17) is 0 Å². The number of aryl methyl sites for hydroxylation is 4. The lowest BCUT2D eigenvalue weighted by Crippen LogP contribution is -2.15. The van der Waals surface area contributed by atoms with Crippen molar-refractivity contribution in [2.24, 2.45) is 0 Å². The van der Waals surface area contributed by atoms with Crippen LogP contribution >= 0.6 is 0 Å². The third-order valence-electron chi connectivity index (χ3n) is 9.28. The first-order chi connectivity index (χ1) is 19.4. The Morgan fingerprint density at radius 3 is 2.02 bits per heavy atom. The van der Waals surface area contributed by atoms with Crippen LogP contribution in [-0.4, -0.2) is 0 Å². The Labute approximate surface area is 238 Å². The molecule has 0 amide bonds. The summed E-state index contributed by atoms with van der Waals surface area (Å²) in [6.45, 7) is 9.19. The summed E-state index contributed by atoms with van der Waals surface area (Å²) in [6.07, 6.45) is 5.00. The number of rotatable bonds is 4. The highest BCUT2D eigenvalue weighted by Gasteiger charge is 2.37. The molecular formula is C39H37N. The van der Waals surface area contributed by atoms with Crippen LogP contribution in [0.1, 0.15) is 60.1 Å². The quantitative estimate of drug-likeness (QED) is 0.249. The van der Waals surface area contributed by atoms with E-state index in [1.165, 1.54) is 98.1 Å². The monoisotopic (exact) mass is 519 g/mol. The van der Waals surface area contributed by atoms with E-state index in [0.717, 1.165) is 5.69 Å². The maximum atomic E-state index is 3.88. The van der Waals surface area contributed by atoms with Crippen LogP contribution in [0.25, 0.3) is 33.4 Å². The maximum absolute atomic E-state index is 3.88. The zero-order valence-electron chi connectivity index (χ0n) is 24.1. The van der Waals surface area contributed by atoms with E-state index in [1.807, 2.05) is 0 Å². The Kier molecular flexibility index (Phi) is 5.93. The van der Waals surface area contributed by atoms with Crippen LogP contribution in [0.15, 0.2) is 97.1 Å². The molecule has 0 saturated heterocycles. The lowest BCUT2D eigenvalue weighted by molar-refractivity contribution is 0.661. The van der Waals surface area contributed by atoms with Gasteiger partial charge in [0.2, 0.25) is 0 Å². The fourth-order valence-electron chi connectivity index (χ4n) is 7.07. The van der Waals surface area contributed by atoms with Crippen LogP contribution in [0, 0.1) is 13.8 Å². The molecule has 198 valence electrons. The average molecular weight is 520 g/mol. The fraction of sp³-hybridized carbons (Fsp3) is 0.231. The summed E-state index contributed by atoms with van der Waals surface area (Å²) < 4.78 is 0. The Balaban J connectivity index is 1.41. The van der Waals surface area contributed by atoms with Crippen LogP contribution in [0.5, 0.6) is 0 Å².